The number of benzene rings is 2. The van der Waals surface area contributed by atoms with Gasteiger partial charge >= 0.3 is 0 Å². The molecule has 172 valence electrons. The summed E-state index contributed by atoms with van der Waals surface area (Å²) in [5.41, 5.74) is 3.41. The molecule has 8 heteroatoms. The number of nitrogens with zero attached hydrogens (tertiary/aromatic N) is 2. The number of aliphatic hydroxyl groups is 2. The Balaban J connectivity index is 1.36. The Bertz CT molecular complexity index is 1480. The van der Waals surface area contributed by atoms with Gasteiger partial charge in [0.25, 0.3) is 0 Å². The van der Waals surface area contributed by atoms with E-state index >= 15 is 0 Å². The molecule has 7 nitrogen and oxygen atoms in total. The van der Waals surface area contributed by atoms with Crippen LogP contribution in [0.15, 0.2) is 60.9 Å². The minimum atomic E-state index is -0.979. The number of imidazole rings is 1. The van der Waals surface area contributed by atoms with Gasteiger partial charge in [-0.2, -0.15) is 0 Å². The maximum Gasteiger partial charge on any atom is 0.139 e. The summed E-state index contributed by atoms with van der Waals surface area (Å²) >= 11 is 6.57. The molecule has 3 unspecified atom stereocenters. The number of rotatable bonds is 5. The number of aromatic nitrogens is 4. The fourth-order valence-electron chi connectivity index (χ4n) is 4.80. The first-order valence-electron chi connectivity index (χ1n) is 11.3. The smallest absolute Gasteiger partial charge is 0.139 e. The van der Waals surface area contributed by atoms with Crippen LogP contribution in [0.3, 0.4) is 0 Å². The number of nitrogens with one attached hydrogen (secondary N) is 2. The summed E-state index contributed by atoms with van der Waals surface area (Å²) in [7, 11) is 0. The summed E-state index contributed by atoms with van der Waals surface area (Å²) in [6, 6.07) is 14.7. The molecule has 6 rings (SSSR count). The van der Waals surface area contributed by atoms with Crippen molar-refractivity contribution in [3.8, 4) is 11.5 Å². The fourth-order valence-corrected chi connectivity index (χ4v) is 5.07. The third-order valence-corrected chi connectivity index (χ3v) is 6.86. The van der Waals surface area contributed by atoms with Crippen LogP contribution in [0.25, 0.3) is 22.1 Å². The second-order valence-corrected chi connectivity index (χ2v) is 9.18. The molecule has 0 aliphatic heterocycles. The van der Waals surface area contributed by atoms with Crippen LogP contribution < -0.4 is 4.74 Å². The summed E-state index contributed by atoms with van der Waals surface area (Å²) in [6.07, 6.45) is 4.62. The lowest BCUT2D eigenvalue weighted by atomic mass is 10.0. The summed E-state index contributed by atoms with van der Waals surface area (Å²) in [4.78, 5) is 15.9. The van der Waals surface area contributed by atoms with Gasteiger partial charge in [0.2, 0.25) is 0 Å². The van der Waals surface area contributed by atoms with Gasteiger partial charge in [-0.15, -0.1) is 0 Å². The van der Waals surface area contributed by atoms with E-state index in [0.717, 1.165) is 35.1 Å². The van der Waals surface area contributed by atoms with E-state index in [-0.39, 0.29) is 12.0 Å². The second-order valence-electron chi connectivity index (χ2n) is 8.77. The van der Waals surface area contributed by atoms with Gasteiger partial charge < -0.3 is 24.9 Å². The highest BCUT2D eigenvalue weighted by atomic mass is 35.5. The van der Waals surface area contributed by atoms with Crippen LogP contribution in [0.2, 0.25) is 5.02 Å². The standard InChI is InChI=1S/C26H23ClN4O3/c27-20-11-17(34-16-4-2-1-3-5-16)8-9-18(20)24(33)19-12-28-26-22(19)23-21(13-29-26)30-25(31-23)14-6-7-15(32)10-14/h1-5,8-9,11-15,24,32-33H,6-7,10H2,(H,28,29)(H,30,31). The first kappa shape index (κ1) is 21.2. The summed E-state index contributed by atoms with van der Waals surface area (Å²) in [6.45, 7) is 0. The van der Waals surface area contributed by atoms with Crippen molar-refractivity contribution >= 4 is 33.7 Å². The number of H-pyrrole nitrogens is 2. The molecule has 1 aliphatic carbocycles. The Morgan fingerprint density at radius 3 is 2.68 bits per heavy atom. The topological polar surface area (TPSA) is 107 Å². The molecule has 34 heavy (non-hydrogen) atoms. The lowest BCUT2D eigenvalue weighted by Crippen LogP contribution is -2.01. The van der Waals surface area contributed by atoms with E-state index < -0.39 is 6.10 Å². The van der Waals surface area contributed by atoms with Crippen molar-refractivity contribution in [3.63, 3.8) is 0 Å². The lowest BCUT2D eigenvalue weighted by molar-refractivity contribution is 0.181. The lowest BCUT2D eigenvalue weighted by Gasteiger charge is -2.14. The molecule has 1 saturated carbocycles. The van der Waals surface area contributed by atoms with Crippen LogP contribution in [0, 0.1) is 0 Å². The number of aliphatic hydroxyl groups excluding tert-OH is 2. The molecular formula is C26H23ClN4O3. The highest BCUT2D eigenvalue weighted by Crippen LogP contribution is 2.38. The van der Waals surface area contributed by atoms with Crippen LogP contribution >= 0.6 is 11.6 Å². The molecule has 1 aliphatic rings. The summed E-state index contributed by atoms with van der Waals surface area (Å²) in [5, 5.41) is 22.4. The van der Waals surface area contributed by atoms with Gasteiger partial charge in [-0.1, -0.05) is 35.9 Å². The van der Waals surface area contributed by atoms with E-state index in [1.165, 1.54) is 0 Å². The van der Waals surface area contributed by atoms with E-state index in [1.54, 1.807) is 30.6 Å². The van der Waals surface area contributed by atoms with Gasteiger partial charge in [0.05, 0.1) is 28.2 Å². The Kier molecular flexibility index (Phi) is 5.25. The number of aromatic amines is 2. The molecule has 0 radical (unpaired) electrons. The zero-order valence-corrected chi connectivity index (χ0v) is 19.0. The van der Waals surface area contributed by atoms with Crippen LogP contribution in [0.1, 0.15) is 48.2 Å². The van der Waals surface area contributed by atoms with E-state index in [9.17, 15) is 10.2 Å². The summed E-state index contributed by atoms with van der Waals surface area (Å²) in [5.74, 6) is 2.34. The van der Waals surface area contributed by atoms with E-state index in [4.69, 9.17) is 21.3 Å². The molecule has 3 atom stereocenters. The van der Waals surface area contributed by atoms with Crippen LogP contribution in [0.4, 0.5) is 0 Å². The van der Waals surface area contributed by atoms with Gasteiger partial charge in [-0.3, -0.25) is 0 Å². The average Bonchev–Trinajstić information content (AvgIpc) is 3.56. The predicted octanol–water partition coefficient (Wildman–Crippen LogP) is 5.60. The first-order chi connectivity index (χ1) is 16.6. The molecule has 0 amide bonds. The van der Waals surface area contributed by atoms with E-state index in [1.807, 2.05) is 30.3 Å². The SMILES string of the molecule is OC1CCC(c2nc3c(cnc4[nH]cc(C(O)c5ccc(Oc6ccccc6)cc5Cl)c43)[nH]2)C1. The molecule has 1 fully saturated rings. The maximum atomic E-state index is 11.3. The number of para-hydroxylation sites is 1. The third-order valence-electron chi connectivity index (χ3n) is 6.53. The number of pyridine rings is 1. The molecule has 3 aromatic heterocycles. The van der Waals surface area contributed by atoms with E-state index in [0.29, 0.717) is 39.7 Å². The maximum absolute atomic E-state index is 11.3. The van der Waals surface area contributed by atoms with Crippen molar-refractivity contribution in [1.82, 2.24) is 19.9 Å². The second kappa shape index (κ2) is 8.43. The molecule has 3 heterocycles. The fraction of sp³-hybridized carbons (Fsp3) is 0.231. The number of hydrogen-bond donors (Lipinski definition) is 4. The molecule has 2 aromatic carbocycles. The van der Waals surface area contributed by atoms with Gasteiger partial charge in [-0.05, 0) is 43.5 Å². The van der Waals surface area contributed by atoms with Crippen molar-refractivity contribution in [1.29, 1.82) is 0 Å². The molecule has 5 aromatic rings. The quantitative estimate of drug-likeness (QED) is 0.265. The monoisotopic (exact) mass is 474 g/mol. The van der Waals surface area contributed by atoms with Crippen molar-refractivity contribution in [2.75, 3.05) is 0 Å². The minimum absolute atomic E-state index is 0.191. The van der Waals surface area contributed by atoms with Gasteiger partial charge in [0.1, 0.15) is 34.6 Å². The van der Waals surface area contributed by atoms with Crippen LogP contribution in [0.5, 0.6) is 11.5 Å². The third kappa shape index (κ3) is 3.72. The summed E-state index contributed by atoms with van der Waals surface area (Å²) < 4.78 is 5.86. The Labute approximate surface area is 200 Å². The first-order valence-corrected chi connectivity index (χ1v) is 11.7. The van der Waals surface area contributed by atoms with Crippen molar-refractivity contribution in [2.45, 2.75) is 37.4 Å². The average molecular weight is 475 g/mol. The van der Waals surface area contributed by atoms with Gasteiger partial charge in [-0.25, -0.2) is 9.97 Å². The number of halogens is 1. The van der Waals surface area contributed by atoms with Gasteiger partial charge in [0.15, 0.2) is 0 Å². The van der Waals surface area contributed by atoms with E-state index in [2.05, 4.69) is 15.0 Å². The zero-order chi connectivity index (χ0) is 23.2. The molecule has 0 bridgehead atoms. The number of fused-ring (bicyclic) bond motifs is 3. The minimum Gasteiger partial charge on any atom is -0.457 e. The Morgan fingerprint density at radius 2 is 1.91 bits per heavy atom. The predicted molar refractivity (Wildman–Crippen MR) is 130 cm³/mol. The Morgan fingerprint density at radius 1 is 1.06 bits per heavy atom. The number of ether oxygens (including phenoxy) is 1. The van der Waals surface area contributed by atoms with Crippen LogP contribution in [-0.2, 0) is 0 Å². The number of hydrogen-bond acceptors (Lipinski definition) is 5. The Hall–Kier alpha value is -3.39. The highest BCUT2D eigenvalue weighted by Gasteiger charge is 2.28. The normalized spacial score (nSPS) is 19.1. The van der Waals surface area contributed by atoms with Crippen LogP contribution in [-0.4, -0.2) is 36.3 Å². The molecule has 0 spiro atoms. The zero-order valence-electron chi connectivity index (χ0n) is 18.2. The van der Waals surface area contributed by atoms with Gasteiger partial charge in [0, 0.05) is 23.2 Å². The largest absolute Gasteiger partial charge is 0.457 e. The molecule has 4 N–H and O–H groups in total. The van der Waals surface area contributed by atoms with Crippen molar-refractivity contribution < 1.29 is 14.9 Å². The molecule has 0 saturated heterocycles. The highest BCUT2D eigenvalue weighted by molar-refractivity contribution is 6.31. The van der Waals surface area contributed by atoms with Crippen molar-refractivity contribution in [3.05, 3.63) is 82.9 Å². The molecular weight excluding hydrogens is 452 g/mol. The van der Waals surface area contributed by atoms with Crippen molar-refractivity contribution in [2.24, 2.45) is 0 Å².